The molecule has 4 aromatic rings. The van der Waals surface area contributed by atoms with Gasteiger partial charge in [-0.05, 0) is 79.3 Å². The summed E-state index contributed by atoms with van der Waals surface area (Å²) in [4.78, 5) is 2.11. The molecule has 3 aromatic heterocycles. The van der Waals surface area contributed by atoms with Crippen LogP contribution in [0.5, 0.6) is 11.5 Å². The monoisotopic (exact) mass is 808 g/mol. The summed E-state index contributed by atoms with van der Waals surface area (Å²) in [6.45, 7) is 5.83. The van der Waals surface area contributed by atoms with Gasteiger partial charge in [0.1, 0.15) is 11.0 Å². The van der Waals surface area contributed by atoms with Crippen molar-refractivity contribution in [2.45, 2.75) is 142 Å². The molecule has 9 heteroatoms. The molecule has 5 nitrogen and oxygen atoms in total. The number of rotatable bonds is 26. The molecule has 3 heterocycles. The number of nitrogens with zero attached hydrogens (tertiary/aromatic N) is 2. The van der Waals surface area contributed by atoms with Gasteiger partial charge < -0.3 is 9.47 Å². The highest BCUT2D eigenvalue weighted by Crippen LogP contribution is 2.53. The Hall–Kier alpha value is -1.42. The Kier molecular flexibility index (Phi) is 18.2. The molecular weight excluding hydrogens is 756 g/mol. The second kappa shape index (κ2) is 22.3. The minimum Gasteiger partial charge on any atom is -0.489 e. The van der Waals surface area contributed by atoms with E-state index in [1.807, 2.05) is 0 Å². The second-order valence-corrected chi connectivity index (χ2v) is 17.6. The first-order valence-electron chi connectivity index (χ1n) is 18.2. The van der Waals surface area contributed by atoms with Crippen LogP contribution in [0.15, 0.2) is 36.5 Å². The van der Waals surface area contributed by atoms with Crippen LogP contribution in [0.3, 0.4) is 0 Å². The molecule has 0 aliphatic carbocycles. The van der Waals surface area contributed by atoms with Gasteiger partial charge in [0, 0.05) is 9.75 Å². The molecule has 0 aliphatic rings. The van der Waals surface area contributed by atoms with Gasteiger partial charge in [-0.25, -0.2) is 4.63 Å². The van der Waals surface area contributed by atoms with Gasteiger partial charge in [-0.2, -0.15) is 0 Å². The summed E-state index contributed by atoms with van der Waals surface area (Å²) in [6, 6.07) is 8.36. The molecule has 0 saturated heterocycles. The van der Waals surface area contributed by atoms with E-state index in [-0.39, 0.29) is 0 Å². The Morgan fingerprint density at radius 2 is 0.851 bits per heavy atom. The number of hydrogen-bond acceptors (Lipinski definition) is 7. The number of aromatic nitrogens is 2. The van der Waals surface area contributed by atoms with E-state index in [1.54, 1.807) is 22.7 Å². The van der Waals surface area contributed by atoms with E-state index >= 15 is 0 Å². The lowest BCUT2D eigenvalue weighted by Crippen LogP contribution is -2.06. The summed E-state index contributed by atoms with van der Waals surface area (Å²) >= 11 is 10.7. The first-order chi connectivity index (χ1) is 23.1. The molecule has 4 rings (SSSR count). The van der Waals surface area contributed by atoms with Crippen molar-refractivity contribution in [1.29, 1.82) is 0 Å². The van der Waals surface area contributed by atoms with Crippen molar-refractivity contribution in [2.24, 2.45) is 0 Å². The van der Waals surface area contributed by atoms with Crippen LogP contribution in [-0.4, -0.2) is 23.5 Å². The summed E-state index contributed by atoms with van der Waals surface area (Å²) < 4.78 is 21.0. The lowest BCUT2D eigenvalue weighted by atomic mass is 10.0. The average molecular weight is 811 g/mol. The van der Waals surface area contributed by atoms with Crippen molar-refractivity contribution in [3.05, 3.63) is 31.8 Å². The number of benzene rings is 1. The van der Waals surface area contributed by atoms with Crippen molar-refractivity contribution in [2.75, 3.05) is 13.2 Å². The molecule has 0 saturated carbocycles. The quantitative estimate of drug-likeness (QED) is 0.0591. The van der Waals surface area contributed by atoms with Crippen LogP contribution in [-0.2, 0) is 0 Å². The van der Waals surface area contributed by atoms with E-state index in [2.05, 4.69) is 80.3 Å². The van der Waals surface area contributed by atoms with Crippen LogP contribution in [0.1, 0.15) is 142 Å². The second-order valence-electron chi connectivity index (χ2n) is 12.6. The van der Waals surface area contributed by atoms with Crippen molar-refractivity contribution < 1.29 is 14.1 Å². The maximum Gasteiger partial charge on any atom is 0.172 e. The molecule has 0 unspecified atom stereocenters. The first-order valence-corrected chi connectivity index (χ1v) is 21.4. The smallest absolute Gasteiger partial charge is 0.172 e. The number of thiophene rings is 2. The fraction of sp³-hybridized carbons (Fsp3) is 0.632. The molecule has 0 amide bonds. The molecule has 0 bridgehead atoms. The lowest BCUT2D eigenvalue weighted by molar-refractivity contribution is 0.260. The normalized spacial score (nSPS) is 11.6. The minimum atomic E-state index is 0.634. The van der Waals surface area contributed by atoms with Crippen LogP contribution in [0, 0.1) is 0 Å². The molecule has 0 aliphatic heterocycles. The zero-order valence-corrected chi connectivity index (χ0v) is 33.4. The first kappa shape index (κ1) is 38.4. The number of halogens is 2. The Labute approximate surface area is 307 Å². The van der Waals surface area contributed by atoms with Gasteiger partial charge in [0.15, 0.2) is 11.5 Å². The predicted octanol–water partition coefficient (Wildman–Crippen LogP) is 14.8. The molecule has 0 N–H and O–H groups in total. The fourth-order valence-electron chi connectivity index (χ4n) is 6.12. The Bertz CT molecular complexity index is 1330. The van der Waals surface area contributed by atoms with Crippen LogP contribution < -0.4 is 9.47 Å². The van der Waals surface area contributed by atoms with Gasteiger partial charge in [-0.15, -0.1) is 22.7 Å². The largest absolute Gasteiger partial charge is 0.489 e. The van der Waals surface area contributed by atoms with Gasteiger partial charge in [0.25, 0.3) is 0 Å². The summed E-state index contributed by atoms with van der Waals surface area (Å²) in [5, 5.41) is 8.86. The van der Waals surface area contributed by atoms with E-state index in [0.29, 0.717) is 24.2 Å². The van der Waals surface area contributed by atoms with Crippen molar-refractivity contribution >= 4 is 65.6 Å². The van der Waals surface area contributed by atoms with E-state index in [0.717, 1.165) is 52.8 Å². The molecule has 0 radical (unpaired) electrons. The molecule has 0 fully saturated rings. The van der Waals surface area contributed by atoms with Crippen LogP contribution in [0.4, 0.5) is 0 Å². The van der Waals surface area contributed by atoms with E-state index in [9.17, 15) is 0 Å². The SMILES string of the molecule is CCCCCCCCCCCCOc1c(OCCCCCCCCCCCC)c(-c2ccc(Br)s2)c2nonc2c1-c1ccc(Br)s1. The molecular formula is C38H54Br2N2O3S2. The number of hydrogen-bond donors (Lipinski definition) is 0. The van der Waals surface area contributed by atoms with Crippen molar-refractivity contribution in [1.82, 2.24) is 10.3 Å². The van der Waals surface area contributed by atoms with E-state index in [4.69, 9.17) is 14.1 Å². The van der Waals surface area contributed by atoms with Gasteiger partial charge in [0.2, 0.25) is 0 Å². The molecule has 0 spiro atoms. The highest BCUT2D eigenvalue weighted by atomic mass is 79.9. The molecule has 260 valence electrons. The predicted molar refractivity (Wildman–Crippen MR) is 209 cm³/mol. The van der Waals surface area contributed by atoms with Gasteiger partial charge >= 0.3 is 0 Å². The standard InChI is InChI=1S/C38H54Br2N2O3S2/c1-3-5-7-9-11-13-15-17-19-21-27-43-37-33(29-23-25-31(39)46-29)35-36(42-45-41-35)34(30-24-26-32(40)47-30)38(37)44-28-22-20-18-16-14-12-10-8-6-4-2/h23-26H,3-22,27-28H2,1-2H3. The topological polar surface area (TPSA) is 57.4 Å². The highest BCUT2D eigenvalue weighted by Gasteiger charge is 2.29. The van der Waals surface area contributed by atoms with Crippen molar-refractivity contribution in [3.63, 3.8) is 0 Å². The van der Waals surface area contributed by atoms with Crippen LogP contribution >= 0.6 is 54.5 Å². The van der Waals surface area contributed by atoms with E-state index in [1.165, 1.54) is 116 Å². The third-order valence-corrected chi connectivity index (χ3v) is 12.0. The third kappa shape index (κ3) is 12.4. The molecule has 1 aromatic carbocycles. The zero-order chi connectivity index (χ0) is 33.1. The summed E-state index contributed by atoms with van der Waals surface area (Å²) in [6.07, 6.45) is 25.8. The lowest BCUT2D eigenvalue weighted by Gasteiger charge is -2.19. The average Bonchev–Trinajstić information content (AvgIpc) is 3.83. The number of unbranched alkanes of at least 4 members (excludes halogenated alkanes) is 18. The number of ether oxygens (including phenoxy) is 2. The fourth-order valence-corrected chi connectivity index (χ4v) is 8.97. The van der Waals surface area contributed by atoms with E-state index < -0.39 is 0 Å². The molecule has 0 atom stereocenters. The zero-order valence-electron chi connectivity index (χ0n) is 28.6. The maximum atomic E-state index is 6.75. The summed E-state index contributed by atoms with van der Waals surface area (Å²) in [7, 11) is 0. The minimum absolute atomic E-state index is 0.634. The third-order valence-electron chi connectivity index (χ3n) is 8.75. The number of fused-ring (bicyclic) bond motifs is 1. The Balaban J connectivity index is 1.47. The van der Waals surface area contributed by atoms with Gasteiger partial charge in [-0.1, -0.05) is 129 Å². The van der Waals surface area contributed by atoms with Gasteiger partial charge in [-0.3, -0.25) is 0 Å². The Morgan fingerprint density at radius 3 is 1.17 bits per heavy atom. The van der Waals surface area contributed by atoms with Crippen molar-refractivity contribution in [3.8, 4) is 32.4 Å². The van der Waals surface area contributed by atoms with Crippen LogP contribution in [0.25, 0.3) is 31.9 Å². The maximum absolute atomic E-state index is 6.75. The highest BCUT2D eigenvalue weighted by molar-refractivity contribution is 9.11. The molecule has 47 heavy (non-hydrogen) atoms. The van der Waals surface area contributed by atoms with Gasteiger partial charge in [0.05, 0.1) is 31.9 Å². The Morgan fingerprint density at radius 1 is 0.511 bits per heavy atom. The summed E-state index contributed by atoms with van der Waals surface area (Å²) in [5.41, 5.74) is 3.23. The van der Waals surface area contributed by atoms with Crippen LogP contribution in [0.2, 0.25) is 0 Å². The summed E-state index contributed by atoms with van der Waals surface area (Å²) in [5.74, 6) is 1.51.